The van der Waals surface area contributed by atoms with Gasteiger partial charge in [-0.05, 0) is 49.4 Å². The van der Waals surface area contributed by atoms with Gasteiger partial charge in [-0.3, -0.25) is 0 Å². The molecule has 0 saturated heterocycles. The van der Waals surface area contributed by atoms with Gasteiger partial charge in [0, 0.05) is 19.1 Å². The molecule has 0 aromatic heterocycles. The number of amides is 1. The normalized spacial score (nSPS) is 12.6. The van der Waals surface area contributed by atoms with Crippen molar-refractivity contribution in [1.29, 1.82) is 0 Å². The van der Waals surface area contributed by atoms with Crippen molar-refractivity contribution in [3.63, 3.8) is 0 Å². The number of ether oxygens (including phenoxy) is 5. The number of carbonyl (C=O) groups is 2. The van der Waals surface area contributed by atoms with Crippen molar-refractivity contribution in [3.8, 4) is 11.1 Å². The molecular formula is C28H37NO7. The van der Waals surface area contributed by atoms with Gasteiger partial charge in [0.15, 0.2) is 0 Å². The van der Waals surface area contributed by atoms with E-state index >= 15 is 0 Å². The van der Waals surface area contributed by atoms with E-state index in [0.29, 0.717) is 52.6 Å². The van der Waals surface area contributed by atoms with Crippen LogP contribution in [0.3, 0.4) is 0 Å². The first-order chi connectivity index (χ1) is 17.3. The standard InChI is InChI=1S/C28H37NO7/c1-28(2,3)36-26(30)20-34-18-17-33-16-15-32-14-8-13-29-27(31)35-19-25-23-11-6-4-9-21(23)22-10-5-7-12-24(22)25/h4-7,9-12,25H,8,13-20H2,1-3H3,(H,29,31). The Labute approximate surface area is 213 Å². The number of carbonyl (C=O) groups excluding carboxylic acids is 2. The molecule has 1 amide bonds. The summed E-state index contributed by atoms with van der Waals surface area (Å²) in [6.45, 7) is 8.16. The highest BCUT2D eigenvalue weighted by atomic mass is 16.6. The zero-order valence-corrected chi connectivity index (χ0v) is 21.4. The molecule has 2 aromatic carbocycles. The van der Waals surface area contributed by atoms with E-state index in [1.165, 1.54) is 22.3 Å². The predicted molar refractivity (Wildman–Crippen MR) is 136 cm³/mol. The van der Waals surface area contributed by atoms with Crippen molar-refractivity contribution in [1.82, 2.24) is 5.32 Å². The summed E-state index contributed by atoms with van der Waals surface area (Å²) in [5.41, 5.74) is 4.28. The van der Waals surface area contributed by atoms with E-state index in [4.69, 9.17) is 23.7 Å². The molecule has 0 unspecified atom stereocenters. The summed E-state index contributed by atoms with van der Waals surface area (Å²) in [6, 6.07) is 16.5. The fourth-order valence-corrected chi connectivity index (χ4v) is 3.98. The number of hydrogen-bond donors (Lipinski definition) is 1. The van der Waals surface area contributed by atoms with Gasteiger partial charge in [0.25, 0.3) is 0 Å². The summed E-state index contributed by atoms with van der Waals surface area (Å²) in [5.74, 6) is -0.341. The SMILES string of the molecule is CC(C)(C)OC(=O)COCCOCCOCCCNC(=O)OCC1c2ccccc2-c2ccccc21. The Morgan fingerprint density at radius 2 is 1.36 bits per heavy atom. The van der Waals surface area contributed by atoms with E-state index in [2.05, 4.69) is 29.6 Å². The Morgan fingerprint density at radius 3 is 1.97 bits per heavy atom. The van der Waals surface area contributed by atoms with Crippen LogP contribution in [0.2, 0.25) is 0 Å². The van der Waals surface area contributed by atoms with Crippen LogP contribution in [-0.2, 0) is 28.5 Å². The molecule has 2 aromatic rings. The number of hydrogen-bond acceptors (Lipinski definition) is 7. The molecule has 1 aliphatic rings. The predicted octanol–water partition coefficient (Wildman–Crippen LogP) is 4.31. The van der Waals surface area contributed by atoms with Crippen molar-refractivity contribution >= 4 is 12.1 Å². The topological polar surface area (TPSA) is 92.3 Å². The van der Waals surface area contributed by atoms with E-state index in [1.54, 1.807) is 0 Å². The lowest BCUT2D eigenvalue weighted by Gasteiger charge is -2.19. The third-order valence-corrected chi connectivity index (χ3v) is 5.46. The van der Waals surface area contributed by atoms with Crippen LogP contribution in [-0.4, -0.2) is 70.5 Å². The zero-order valence-electron chi connectivity index (χ0n) is 21.4. The molecule has 0 spiro atoms. The minimum Gasteiger partial charge on any atom is -0.458 e. The van der Waals surface area contributed by atoms with Crippen molar-refractivity contribution < 1.29 is 33.3 Å². The number of esters is 1. The molecule has 3 rings (SSSR count). The van der Waals surface area contributed by atoms with Gasteiger partial charge < -0.3 is 29.0 Å². The molecule has 0 heterocycles. The smallest absolute Gasteiger partial charge is 0.407 e. The van der Waals surface area contributed by atoms with E-state index in [-0.39, 0.29) is 12.5 Å². The summed E-state index contributed by atoms with van der Waals surface area (Å²) in [7, 11) is 0. The van der Waals surface area contributed by atoms with Crippen molar-refractivity contribution in [3.05, 3.63) is 59.7 Å². The van der Waals surface area contributed by atoms with E-state index in [9.17, 15) is 9.59 Å². The molecule has 8 nitrogen and oxygen atoms in total. The van der Waals surface area contributed by atoms with Gasteiger partial charge >= 0.3 is 12.1 Å². The summed E-state index contributed by atoms with van der Waals surface area (Å²) in [6.07, 6.45) is 0.245. The van der Waals surface area contributed by atoms with Crippen LogP contribution in [0, 0.1) is 0 Å². The molecule has 0 atom stereocenters. The van der Waals surface area contributed by atoms with Gasteiger partial charge in [-0.1, -0.05) is 48.5 Å². The quantitative estimate of drug-likeness (QED) is 0.306. The highest BCUT2D eigenvalue weighted by Gasteiger charge is 2.28. The minimum atomic E-state index is -0.514. The Hall–Kier alpha value is -2.94. The first-order valence-corrected chi connectivity index (χ1v) is 12.4. The number of fused-ring (bicyclic) bond motifs is 3. The molecule has 8 heteroatoms. The van der Waals surface area contributed by atoms with Crippen LogP contribution < -0.4 is 5.32 Å². The Bertz CT molecular complexity index is 940. The number of nitrogens with one attached hydrogen (secondary N) is 1. The third kappa shape index (κ3) is 8.93. The zero-order chi connectivity index (χ0) is 25.8. The summed E-state index contributed by atoms with van der Waals surface area (Å²) in [5, 5.41) is 2.78. The second-order valence-electron chi connectivity index (χ2n) is 9.47. The van der Waals surface area contributed by atoms with Crippen LogP contribution >= 0.6 is 0 Å². The van der Waals surface area contributed by atoms with Gasteiger partial charge in [-0.15, -0.1) is 0 Å². The van der Waals surface area contributed by atoms with E-state index in [1.807, 2.05) is 45.0 Å². The Kier molecular flexibility index (Phi) is 10.7. The maximum Gasteiger partial charge on any atom is 0.407 e. The molecular weight excluding hydrogens is 462 g/mol. The number of alkyl carbamates (subject to hydrolysis) is 1. The molecule has 0 radical (unpaired) electrons. The molecule has 36 heavy (non-hydrogen) atoms. The first kappa shape index (κ1) is 27.6. The third-order valence-electron chi connectivity index (χ3n) is 5.46. The van der Waals surface area contributed by atoms with Crippen molar-refractivity contribution in [2.75, 3.05) is 52.8 Å². The molecule has 0 bridgehead atoms. The van der Waals surface area contributed by atoms with Crippen LogP contribution in [0.1, 0.15) is 44.2 Å². The largest absolute Gasteiger partial charge is 0.458 e. The Morgan fingerprint density at radius 1 is 0.806 bits per heavy atom. The second kappa shape index (κ2) is 14.0. The van der Waals surface area contributed by atoms with E-state index < -0.39 is 17.7 Å². The minimum absolute atomic E-state index is 0.0502. The highest BCUT2D eigenvalue weighted by molar-refractivity contribution is 5.79. The van der Waals surface area contributed by atoms with Gasteiger partial charge in [0.05, 0.1) is 26.4 Å². The molecule has 0 saturated carbocycles. The number of benzene rings is 2. The lowest BCUT2D eigenvalue weighted by atomic mass is 9.98. The molecule has 0 fully saturated rings. The fourth-order valence-electron chi connectivity index (χ4n) is 3.98. The van der Waals surface area contributed by atoms with Crippen molar-refractivity contribution in [2.24, 2.45) is 0 Å². The monoisotopic (exact) mass is 499 g/mol. The van der Waals surface area contributed by atoms with Gasteiger partial charge in [-0.25, -0.2) is 9.59 Å². The summed E-state index contributed by atoms with van der Waals surface area (Å²) in [4.78, 5) is 23.7. The molecule has 196 valence electrons. The second-order valence-corrected chi connectivity index (χ2v) is 9.47. The lowest BCUT2D eigenvalue weighted by Crippen LogP contribution is -2.27. The summed E-state index contributed by atoms with van der Waals surface area (Å²) >= 11 is 0. The maximum atomic E-state index is 12.2. The Balaban J connectivity index is 1.18. The summed E-state index contributed by atoms with van der Waals surface area (Å²) < 4.78 is 26.8. The highest BCUT2D eigenvalue weighted by Crippen LogP contribution is 2.44. The average molecular weight is 500 g/mol. The maximum absolute atomic E-state index is 12.2. The van der Waals surface area contributed by atoms with Crippen LogP contribution in [0.25, 0.3) is 11.1 Å². The number of rotatable bonds is 14. The van der Waals surface area contributed by atoms with Crippen molar-refractivity contribution in [2.45, 2.75) is 38.7 Å². The first-order valence-electron chi connectivity index (χ1n) is 12.4. The van der Waals surface area contributed by atoms with Gasteiger partial charge in [-0.2, -0.15) is 0 Å². The van der Waals surface area contributed by atoms with Gasteiger partial charge in [0.1, 0.15) is 18.8 Å². The van der Waals surface area contributed by atoms with Gasteiger partial charge in [0.2, 0.25) is 0 Å². The van der Waals surface area contributed by atoms with E-state index in [0.717, 1.165) is 0 Å². The van der Waals surface area contributed by atoms with Crippen LogP contribution in [0.5, 0.6) is 0 Å². The molecule has 1 N–H and O–H groups in total. The lowest BCUT2D eigenvalue weighted by molar-refractivity contribution is -0.160. The van der Waals surface area contributed by atoms with Crippen LogP contribution in [0.15, 0.2) is 48.5 Å². The molecule has 1 aliphatic carbocycles. The van der Waals surface area contributed by atoms with Crippen LogP contribution in [0.4, 0.5) is 4.79 Å². The molecule has 0 aliphatic heterocycles. The average Bonchev–Trinajstić information content (AvgIpc) is 3.16. The fraction of sp³-hybridized carbons (Fsp3) is 0.500.